The molecule has 3 nitrogen and oxygen atoms in total. The maximum absolute atomic E-state index is 12.6. The zero-order chi connectivity index (χ0) is 13.7. The van der Waals surface area contributed by atoms with Crippen molar-refractivity contribution >= 4 is 11.6 Å². The first kappa shape index (κ1) is 14.1. The van der Waals surface area contributed by atoms with Gasteiger partial charge in [-0.05, 0) is 49.9 Å². The summed E-state index contributed by atoms with van der Waals surface area (Å²) in [7, 11) is 0. The highest BCUT2D eigenvalue weighted by Gasteiger charge is 2.37. The number of amides is 1. The standard InChI is InChI=1S/C16H24N2O/c1-3-13-7-5-8-14(11-13)18-15(19)16(4-2)9-6-10-17-12-16/h5,7-8,11,17H,3-4,6,9-10,12H2,1-2H3,(H,18,19). The third-order valence-electron chi connectivity index (χ3n) is 4.22. The number of nitrogens with one attached hydrogen (secondary N) is 2. The van der Waals surface area contributed by atoms with Crippen LogP contribution in [0.25, 0.3) is 0 Å². The Hall–Kier alpha value is -1.35. The molecular formula is C16H24N2O. The Kier molecular flexibility index (Phi) is 4.59. The third kappa shape index (κ3) is 3.16. The van der Waals surface area contributed by atoms with Crippen molar-refractivity contribution in [2.45, 2.75) is 39.5 Å². The van der Waals surface area contributed by atoms with Crippen molar-refractivity contribution in [2.24, 2.45) is 5.41 Å². The van der Waals surface area contributed by atoms with E-state index in [-0.39, 0.29) is 11.3 Å². The Morgan fingerprint density at radius 1 is 1.42 bits per heavy atom. The molecule has 0 bridgehead atoms. The van der Waals surface area contributed by atoms with Crippen LogP contribution < -0.4 is 10.6 Å². The van der Waals surface area contributed by atoms with E-state index in [1.54, 1.807) is 0 Å². The third-order valence-corrected chi connectivity index (χ3v) is 4.22. The van der Waals surface area contributed by atoms with Gasteiger partial charge < -0.3 is 10.6 Å². The molecule has 1 unspecified atom stereocenters. The maximum atomic E-state index is 12.6. The second kappa shape index (κ2) is 6.20. The topological polar surface area (TPSA) is 41.1 Å². The summed E-state index contributed by atoms with van der Waals surface area (Å²) in [4.78, 5) is 12.6. The highest BCUT2D eigenvalue weighted by molar-refractivity contribution is 5.95. The second-order valence-electron chi connectivity index (χ2n) is 5.42. The van der Waals surface area contributed by atoms with Crippen molar-refractivity contribution in [3.05, 3.63) is 29.8 Å². The van der Waals surface area contributed by atoms with Gasteiger partial charge >= 0.3 is 0 Å². The number of rotatable bonds is 4. The van der Waals surface area contributed by atoms with Crippen molar-refractivity contribution in [1.82, 2.24) is 5.32 Å². The average molecular weight is 260 g/mol. The SMILES string of the molecule is CCc1cccc(NC(=O)C2(CC)CCCNC2)c1. The van der Waals surface area contributed by atoms with Crippen LogP contribution in [0.5, 0.6) is 0 Å². The Morgan fingerprint density at radius 2 is 2.26 bits per heavy atom. The van der Waals surface area contributed by atoms with Crippen molar-refractivity contribution in [1.29, 1.82) is 0 Å². The molecule has 1 aliphatic heterocycles. The van der Waals surface area contributed by atoms with Gasteiger partial charge in [0.2, 0.25) is 5.91 Å². The molecule has 19 heavy (non-hydrogen) atoms. The largest absolute Gasteiger partial charge is 0.326 e. The van der Waals surface area contributed by atoms with Crippen LogP contribution in [0, 0.1) is 5.41 Å². The fraction of sp³-hybridized carbons (Fsp3) is 0.562. The van der Waals surface area contributed by atoms with Crippen molar-refractivity contribution < 1.29 is 4.79 Å². The van der Waals surface area contributed by atoms with Crippen LogP contribution in [0.4, 0.5) is 5.69 Å². The summed E-state index contributed by atoms with van der Waals surface area (Å²) < 4.78 is 0. The van der Waals surface area contributed by atoms with Gasteiger partial charge in [0.1, 0.15) is 0 Å². The van der Waals surface area contributed by atoms with Gasteiger partial charge in [-0.2, -0.15) is 0 Å². The van der Waals surface area contributed by atoms with Crippen molar-refractivity contribution in [3.63, 3.8) is 0 Å². The van der Waals surface area contributed by atoms with E-state index >= 15 is 0 Å². The molecule has 1 saturated heterocycles. The molecule has 2 rings (SSSR count). The first-order chi connectivity index (χ1) is 9.20. The van der Waals surface area contributed by atoms with E-state index in [9.17, 15) is 4.79 Å². The maximum Gasteiger partial charge on any atom is 0.231 e. The van der Waals surface area contributed by atoms with Gasteiger partial charge in [-0.3, -0.25) is 4.79 Å². The molecule has 1 amide bonds. The Balaban J connectivity index is 2.10. The molecule has 0 aromatic heterocycles. The van der Waals surface area contributed by atoms with E-state index in [0.29, 0.717) is 0 Å². The van der Waals surface area contributed by atoms with E-state index in [1.165, 1.54) is 5.56 Å². The molecule has 1 aliphatic rings. The second-order valence-corrected chi connectivity index (χ2v) is 5.42. The Morgan fingerprint density at radius 3 is 2.89 bits per heavy atom. The fourth-order valence-corrected chi connectivity index (χ4v) is 2.76. The quantitative estimate of drug-likeness (QED) is 0.874. The zero-order valence-corrected chi connectivity index (χ0v) is 12.0. The summed E-state index contributed by atoms with van der Waals surface area (Å²) in [6.07, 6.45) is 3.94. The van der Waals surface area contributed by atoms with Crippen LogP contribution in [-0.2, 0) is 11.2 Å². The van der Waals surface area contributed by atoms with Crippen LogP contribution in [0.15, 0.2) is 24.3 Å². The predicted molar refractivity (Wildman–Crippen MR) is 79.3 cm³/mol. The molecule has 3 heteroatoms. The number of hydrogen-bond donors (Lipinski definition) is 2. The molecule has 0 saturated carbocycles. The van der Waals surface area contributed by atoms with Crippen molar-refractivity contribution in [3.8, 4) is 0 Å². The number of benzene rings is 1. The summed E-state index contributed by atoms with van der Waals surface area (Å²) >= 11 is 0. The summed E-state index contributed by atoms with van der Waals surface area (Å²) in [6.45, 7) is 6.05. The first-order valence-electron chi connectivity index (χ1n) is 7.31. The van der Waals surface area contributed by atoms with Gasteiger partial charge in [-0.15, -0.1) is 0 Å². The average Bonchev–Trinajstić information content (AvgIpc) is 2.48. The minimum absolute atomic E-state index is 0.162. The number of carbonyl (C=O) groups is 1. The number of piperidine rings is 1. The molecule has 0 spiro atoms. The number of hydrogen-bond acceptors (Lipinski definition) is 2. The van der Waals surface area contributed by atoms with E-state index in [4.69, 9.17) is 0 Å². The number of carbonyl (C=O) groups excluding carboxylic acids is 1. The van der Waals surface area contributed by atoms with E-state index in [1.807, 2.05) is 12.1 Å². The molecule has 1 atom stereocenters. The van der Waals surface area contributed by atoms with Gasteiger partial charge in [0.15, 0.2) is 0 Å². The van der Waals surface area contributed by atoms with Crippen LogP contribution in [-0.4, -0.2) is 19.0 Å². The highest BCUT2D eigenvalue weighted by Crippen LogP contribution is 2.31. The van der Waals surface area contributed by atoms with Crippen LogP contribution in [0.2, 0.25) is 0 Å². The fourth-order valence-electron chi connectivity index (χ4n) is 2.76. The van der Waals surface area contributed by atoms with E-state index < -0.39 is 0 Å². The Labute approximate surface area is 115 Å². The van der Waals surface area contributed by atoms with Gasteiger partial charge in [0, 0.05) is 12.2 Å². The minimum atomic E-state index is -0.236. The molecule has 1 fully saturated rings. The Bertz CT molecular complexity index is 436. The molecule has 104 valence electrons. The summed E-state index contributed by atoms with van der Waals surface area (Å²) in [5.41, 5.74) is 1.94. The number of aryl methyl sites for hydroxylation is 1. The molecule has 1 heterocycles. The highest BCUT2D eigenvalue weighted by atomic mass is 16.2. The molecule has 0 aliphatic carbocycles. The summed E-state index contributed by atoms with van der Waals surface area (Å²) in [6, 6.07) is 8.13. The van der Waals surface area contributed by atoms with E-state index in [2.05, 4.69) is 36.6 Å². The lowest BCUT2D eigenvalue weighted by molar-refractivity contribution is -0.126. The summed E-state index contributed by atoms with van der Waals surface area (Å²) in [5, 5.41) is 6.45. The molecule has 0 radical (unpaired) electrons. The zero-order valence-electron chi connectivity index (χ0n) is 12.0. The molecule has 1 aromatic carbocycles. The molecular weight excluding hydrogens is 236 g/mol. The van der Waals surface area contributed by atoms with Crippen LogP contribution in [0.3, 0.4) is 0 Å². The predicted octanol–water partition coefficient (Wildman–Crippen LogP) is 2.97. The lowest BCUT2D eigenvalue weighted by atomic mass is 9.77. The summed E-state index contributed by atoms with van der Waals surface area (Å²) in [5.74, 6) is 0.162. The smallest absolute Gasteiger partial charge is 0.231 e. The monoisotopic (exact) mass is 260 g/mol. The molecule has 2 N–H and O–H groups in total. The molecule has 1 aromatic rings. The van der Waals surface area contributed by atoms with Crippen LogP contribution >= 0.6 is 0 Å². The number of anilines is 1. The van der Waals surface area contributed by atoms with Gasteiger partial charge in [0.05, 0.1) is 5.41 Å². The van der Waals surface area contributed by atoms with Gasteiger partial charge in [-0.25, -0.2) is 0 Å². The lowest BCUT2D eigenvalue weighted by Gasteiger charge is -2.35. The van der Waals surface area contributed by atoms with Gasteiger partial charge in [0.25, 0.3) is 0 Å². The van der Waals surface area contributed by atoms with E-state index in [0.717, 1.165) is 44.5 Å². The normalized spacial score (nSPS) is 23.1. The first-order valence-corrected chi connectivity index (χ1v) is 7.31. The van der Waals surface area contributed by atoms with Gasteiger partial charge in [-0.1, -0.05) is 26.0 Å². The lowest BCUT2D eigenvalue weighted by Crippen LogP contribution is -2.47. The van der Waals surface area contributed by atoms with Crippen LogP contribution in [0.1, 0.15) is 38.7 Å². The minimum Gasteiger partial charge on any atom is -0.326 e. The van der Waals surface area contributed by atoms with Crippen molar-refractivity contribution in [2.75, 3.05) is 18.4 Å².